The maximum atomic E-state index is 13.1. The van der Waals surface area contributed by atoms with E-state index >= 15 is 0 Å². The van der Waals surface area contributed by atoms with Gasteiger partial charge in [-0.1, -0.05) is 60.7 Å². The van der Waals surface area contributed by atoms with Crippen LogP contribution < -0.4 is 9.64 Å². The molecule has 1 saturated heterocycles. The second-order valence-electron chi connectivity index (χ2n) is 7.06. The molecule has 142 valence electrons. The van der Waals surface area contributed by atoms with Gasteiger partial charge in [0, 0.05) is 19.3 Å². The van der Waals surface area contributed by atoms with E-state index in [0.29, 0.717) is 6.54 Å². The maximum absolute atomic E-state index is 13.1. The van der Waals surface area contributed by atoms with E-state index in [1.807, 2.05) is 72.6 Å². The lowest BCUT2D eigenvalue weighted by Gasteiger charge is -2.51. The Labute approximate surface area is 166 Å². The minimum Gasteiger partial charge on any atom is -0.497 e. The van der Waals surface area contributed by atoms with Gasteiger partial charge in [0.2, 0.25) is 5.91 Å². The summed E-state index contributed by atoms with van der Waals surface area (Å²) in [6, 6.07) is 28.0. The van der Waals surface area contributed by atoms with E-state index in [1.165, 1.54) is 0 Å². The summed E-state index contributed by atoms with van der Waals surface area (Å²) in [5.41, 5.74) is 3.29. The second-order valence-corrected chi connectivity index (χ2v) is 7.06. The maximum Gasteiger partial charge on any atom is 0.248 e. The molecule has 0 aliphatic carbocycles. The van der Waals surface area contributed by atoms with E-state index < -0.39 is 0 Å². The van der Waals surface area contributed by atoms with Crippen molar-refractivity contribution in [3.05, 3.63) is 96.1 Å². The Morgan fingerprint density at radius 3 is 2.11 bits per heavy atom. The Balaban J connectivity index is 1.65. The summed E-state index contributed by atoms with van der Waals surface area (Å²) < 4.78 is 5.30. The number of ether oxygens (including phenoxy) is 1. The molecule has 0 radical (unpaired) electrons. The van der Waals surface area contributed by atoms with Crippen LogP contribution in [0, 0.1) is 0 Å². The molecule has 3 aromatic carbocycles. The summed E-state index contributed by atoms with van der Waals surface area (Å²) in [4.78, 5) is 17.2. The smallest absolute Gasteiger partial charge is 0.248 e. The number of likely N-dealkylation sites (N-methyl/N-ethyl adjacent to an activating group) is 1. The van der Waals surface area contributed by atoms with Crippen LogP contribution in [0.2, 0.25) is 0 Å². The number of carbonyl (C=O) groups excluding carboxylic acids is 1. The SMILES string of the molecule is COc1ccc(C2C(N(C)c3ccccc3)C(=O)N2Cc2ccccc2)cc1. The van der Waals surface area contributed by atoms with Gasteiger partial charge in [-0.25, -0.2) is 0 Å². The highest BCUT2D eigenvalue weighted by atomic mass is 16.5. The molecule has 0 aromatic heterocycles. The normalized spacial score (nSPS) is 18.5. The van der Waals surface area contributed by atoms with Gasteiger partial charge in [0.15, 0.2) is 0 Å². The highest BCUT2D eigenvalue weighted by Crippen LogP contribution is 2.40. The molecule has 0 N–H and O–H groups in total. The number of hydrogen-bond donors (Lipinski definition) is 0. The number of benzene rings is 3. The van der Waals surface area contributed by atoms with Gasteiger partial charge in [-0.05, 0) is 35.4 Å². The van der Waals surface area contributed by atoms with Gasteiger partial charge in [0.25, 0.3) is 0 Å². The Kier molecular flexibility index (Phi) is 5.02. The Morgan fingerprint density at radius 1 is 0.893 bits per heavy atom. The van der Waals surface area contributed by atoms with E-state index in [0.717, 1.165) is 22.6 Å². The van der Waals surface area contributed by atoms with Crippen LogP contribution >= 0.6 is 0 Å². The molecule has 0 saturated carbocycles. The summed E-state index contributed by atoms with van der Waals surface area (Å²) in [6.45, 7) is 0.607. The average molecular weight is 372 g/mol. The van der Waals surface area contributed by atoms with E-state index in [9.17, 15) is 4.79 Å². The van der Waals surface area contributed by atoms with Crippen molar-refractivity contribution >= 4 is 11.6 Å². The molecular weight excluding hydrogens is 348 g/mol. The van der Waals surface area contributed by atoms with Gasteiger partial charge >= 0.3 is 0 Å². The van der Waals surface area contributed by atoms with Gasteiger partial charge in [-0.2, -0.15) is 0 Å². The Morgan fingerprint density at radius 2 is 1.50 bits per heavy atom. The van der Waals surface area contributed by atoms with Gasteiger partial charge in [-0.3, -0.25) is 4.79 Å². The fourth-order valence-electron chi connectivity index (χ4n) is 3.85. The lowest BCUT2D eigenvalue weighted by atomic mass is 9.86. The number of carbonyl (C=O) groups is 1. The lowest BCUT2D eigenvalue weighted by Crippen LogP contribution is -2.64. The number of rotatable bonds is 6. The van der Waals surface area contributed by atoms with Crippen LogP contribution in [0.5, 0.6) is 5.75 Å². The van der Waals surface area contributed by atoms with Crippen LogP contribution in [0.4, 0.5) is 5.69 Å². The Bertz CT molecular complexity index is 926. The van der Waals surface area contributed by atoms with Crippen molar-refractivity contribution in [2.24, 2.45) is 0 Å². The number of β-lactam (4-membered cyclic amide) rings is 1. The average Bonchev–Trinajstić information content (AvgIpc) is 2.76. The quantitative estimate of drug-likeness (QED) is 0.606. The summed E-state index contributed by atoms with van der Waals surface area (Å²) >= 11 is 0. The van der Waals surface area contributed by atoms with Crippen LogP contribution in [-0.4, -0.2) is 31.0 Å². The van der Waals surface area contributed by atoms with Crippen LogP contribution in [0.1, 0.15) is 17.2 Å². The Hall–Kier alpha value is -3.27. The first-order valence-corrected chi connectivity index (χ1v) is 9.45. The van der Waals surface area contributed by atoms with Gasteiger partial charge in [0.1, 0.15) is 11.8 Å². The number of para-hydroxylation sites is 1. The molecule has 2 atom stereocenters. The van der Waals surface area contributed by atoms with Crippen LogP contribution in [0.25, 0.3) is 0 Å². The first-order chi connectivity index (χ1) is 13.7. The van der Waals surface area contributed by atoms with Crippen molar-refractivity contribution in [2.45, 2.75) is 18.6 Å². The highest BCUT2D eigenvalue weighted by Gasteiger charge is 2.50. The first-order valence-electron chi connectivity index (χ1n) is 9.45. The van der Waals surface area contributed by atoms with Crippen molar-refractivity contribution in [3.8, 4) is 5.75 Å². The van der Waals surface area contributed by atoms with E-state index in [1.54, 1.807) is 7.11 Å². The summed E-state index contributed by atoms with van der Waals surface area (Å²) in [7, 11) is 3.66. The number of hydrogen-bond acceptors (Lipinski definition) is 3. The number of nitrogens with zero attached hydrogens (tertiary/aromatic N) is 2. The topological polar surface area (TPSA) is 32.8 Å². The van der Waals surface area contributed by atoms with Crippen LogP contribution in [0.3, 0.4) is 0 Å². The third-order valence-electron chi connectivity index (χ3n) is 5.40. The van der Waals surface area contributed by atoms with Crippen LogP contribution in [-0.2, 0) is 11.3 Å². The molecule has 4 nitrogen and oxygen atoms in total. The molecule has 1 heterocycles. The van der Waals surface area contributed by atoms with Crippen molar-refractivity contribution in [2.75, 3.05) is 19.1 Å². The molecule has 1 fully saturated rings. The van der Waals surface area contributed by atoms with Crippen LogP contribution in [0.15, 0.2) is 84.9 Å². The summed E-state index contributed by atoms with van der Waals surface area (Å²) in [5, 5.41) is 0. The third kappa shape index (κ3) is 3.33. The predicted octanol–water partition coefficient (Wildman–Crippen LogP) is 4.28. The monoisotopic (exact) mass is 372 g/mol. The molecule has 4 rings (SSSR count). The molecule has 1 aliphatic heterocycles. The molecule has 4 heteroatoms. The molecule has 28 heavy (non-hydrogen) atoms. The lowest BCUT2D eigenvalue weighted by molar-refractivity contribution is -0.150. The predicted molar refractivity (Wildman–Crippen MR) is 111 cm³/mol. The molecular formula is C24H24N2O2. The van der Waals surface area contributed by atoms with Crippen molar-refractivity contribution in [1.82, 2.24) is 4.90 Å². The van der Waals surface area contributed by atoms with Crippen molar-refractivity contribution in [3.63, 3.8) is 0 Å². The fourth-order valence-corrected chi connectivity index (χ4v) is 3.85. The molecule has 1 amide bonds. The van der Waals surface area contributed by atoms with Crippen molar-refractivity contribution in [1.29, 1.82) is 0 Å². The second kappa shape index (κ2) is 7.77. The number of amides is 1. The zero-order valence-corrected chi connectivity index (χ0v) is 16.2. The highest BCUT2D eigenvalue weighted by molar-refractivity contribution is 5.93. The van der Waals surface area contributed by atoms with E-state index in [2.05, 4.69) is 29.2 Å². The molecule has 3 aromatic rings. The molecule has 0 bridgehead atoms. The van der Waals surface area contributed by atoms with E-state index in [-0.39, 0.29) is 18.0 Å². The third-order valence-corrected chi connectivity index (χ3v) is 5.40. The molecule has 0 spiro atoms. The minimum atomic E-state index is -0.223. The fraction of sp³-hybridized carbons (Fsp3) is 0.208. The largest absolute Gasteiger partial charge is 0.497 e. The molecule has 1 aliphatic rings. The van der Waals surface area contributed by atoms with Gasteiger partial charge < -0.3 is 14.5 Å². The van der Waals surface area contributed by atoms with Gasteiger partial charge in [0.05, 0.1) is 13.2 Å². The summed E-state index contributed by atoms with van der Waals surface area (Å²) in [5.74, 6) is 0.966. The standard InChI is InChI=1S/C24H24N2O2/c1-25(20-11-7-4-8-12-20)23-22(19-13-15-21(28-2)16-14-19)26(24(23)27)17-18-9-5-3-6-10-18/h3-16,22-23H,17H2,1-2H3. The van der Waals surface area contributed by atoms with Gasteiger partial charge in [-0.15, -0.1) is 0 Å². The first kappa shape index (κ1) is 18.1. The number of methoxy groups -OCH3 is 1. The summed E-state index contributed by atoms with van der Waals surface area (Å²) in [6.07, 6.45) is 0. The zero-order chi connectivity index (χ0) is 19.5. The number of anilines is 1. The van der Waals surface area contributed by atoms with E-state index in [4.69, 9.17) is 4.74 Å². The zero-order valence-electron chi connectivity index (χ0n) is 16.2. The molecule has 2 unspecified atom stereocenters. The minimum absolute atomic E-state index is 0.0104. The number of likely N-dealkylation sites (tertiary alicyclic amines) is 1. The van der Waals surface area contributed by atoms with Crippen molar-refractivity contribution < 1.29 is 9.53 Å².